The summed E-state index contributed by atoms with van der Waals surface area (Å²) in [5.41, 5.74) is 1.45. The van der Waals surface area contributed by atoms with Gasteiger partial charge < -0.3 is 10.1 Å². The molecule has 0 aliphatic heterocycles. The molecule has 9 nitrogen and oxygen atoms in total. The summed E-state index contributed by atoms with van der Waals surface area (Å²) in [5, 5.41) is 7.49. The molecule has 138 valence electrons. The molecule has 10 heteroatoms. The lowest BCUT2D eigenvalue weighted by Gasteiger charge is -2.08. The minimum Gasteiger partial charge on any atom is -0.452 e. The number of anilines is 1. The number of hydrogen-bond donors (Lipinski definition) is 2. The van der Waals surface area contributed by atoms with Crippen LogP contribution in [0.25, 0.3) is 11.0 Å². The molecule has 0 spiro atoms. The van der Waals surface area contributed by atoms with Crippen LogP contribution < -0.4 is 10.5 Å². The fourth-order valence-electron chi connectivity index (χ4n) is 2.29. The normalized spacial score (nSPS) is 11.1. The summed E-state index contributed by atoms with van der Waals surface area (Å²) >= 11 is 0. The summed E-state index contributed by atoms with van der Waals surface area (Å²) in [7, 11) is -3.81. The molecular formula is C17H14N4O5S. The standard InChI is InChI=1S/C17H14N4O5S/c18-27(24,25)12-6-4-11(5-7-12)21-15(22)10-26-17(23)13-2-1-3-14-16(13)20-9-8-19-14/h1-9H,10H2,(H,21,22)(H2,18,24,25). The van der Waals surface area contributed by atoms with Crippen LogP contribution in [0.3, 0.4) is 0 Å². The average Bonchev–Trinajstić information content (AvgIpc) is 2.65. The van der Waals surface area contributed by atoms with Gasteiger partial charge in [-0.25, -0.2) is 18.4 Å². The van der Waals surface area contributed by atoms with Crippen LogP contribution in [0.2, 0.25) is 0 Å². The minimum absolute atomic E-state index is 0.0796. The van der Waals surface area contributed by atoms with Gasteiger partial charge in [0.25, 0.3) is 5.91 Å². The number of rotatable bonds is 5. The summed E-state index contributed by atoms with van der Waals surface area (Å²) in [5.74, 6) is -1.29. The van der Waals surface area contributed by atoms with Gasteiger partial charge in [0.15, 0.2) is 6.61 Å². The van der Waals surface area contributed by atoms with Gasteiger partial charge in [-0.3, -0.25) is 14.8 Å². The van der Waals surface area contributed by atoms with Crippen molar-refractivity contribution in [1.82, 2.24) is 9.97 Å². The van der Waals surface area contributed by atoms with Crippen LogP contribution in [0.15, 0.2) is 59.8 Å². The number of fused-ring (bicyclic) bond motifs is 1. The predicted molar refractivity (Wildman–Crippen MR) is 96.3 cm³/mol. The lowest BCUT2D eigenvalue weighted by Crippen LogP contribution is -2.21. The van der Waals surface area contributed by atoms with Crippen molar-refractivity contribution in [3.8, 4) is 0 Å². The van der Waals surface area contributed by atoms with Gasteiger partial charge in [-0.2, -0.15) is 0 Å². The van der Waals surface area contributed by atoms with Crippen molar-refractivity contribution in [2.75, 3.05) is 11.9 Å². The van der Waals surface area contributed by atoms with Crippen LogP contribution in [0.5, 0.6) is 0 Å². The molecule has 0 atom stereocenters. The zero-order chi connectivity index (χ0) is 19.4. The molecule has 2 aromatic carbocycles. The summed E-state index contributed by atoms with van der Waals surface area (Å²) in [6, 6.07) is 10.1. The van der Waals surface area contributed by atoms with Gasteiger partial charge in [0.2, 0.25) is 10.0 Å². The highest BCUT2D eigenvalue weighted by Crippen LogP contribution is 2.15. The lowest BCUT2D eigenvalue weighted by atomic mass is 10.2. The third-order valence-electron chi connectivity index (χ3n) is 3.52. The number of nitrogens with one attached hydrogen (secondary N) is 1. The number of ether oxygens (including phenoxy) is 1. The van der Waals surface area contributed by atoms with Gasteiger partial charge >= 0.3 is 5.97 Å². The van der Waals surface area contributed by atoms with Gasteiger partial charge in [0, 0.05) is 18.1 Å². The largest absolute Gasteiger partial charge is 0.452 e. The summed E-state index contributed by atoms with van der Waals surface area (Å²) in [6.45, 7) is -0.521. The Hall–Kier alpha value is -3.37. The van der Waals surface area contributed by atoms with Crippen molar-refractivity contribution in [1.29, 1.82) is 0 Å². The van der Waals surface area contributed by atoms with E-state index in [0.717, 1.165) is 0 Å². The molecule has 0 unspecified atom stereocenters. The first-order valence-corrected chi connectivity index (χ1v) is 9.19. The van der Waals surface area contributed by atoms with E-state index >= 15 is 0 Å². The van der Waals surface area contributed by atoms with Crippen LogP contribution in [-0.4, -0.2) is 36.9 Å². The number of benzene rings is 2. The molecule has 27 heavy (non-hydrogen) atoms. The molecule has 3 rings (SSSR count). The second-order valence-electron chi connectivity index (χ2n) is 5.42. The molecular weight excluding hydrogens is 372 g/mol. The van der Waals surface area contributed by atoms with Gasteiger partial charge in [-0.1, -0.05) is 6.07 Å². The Balaban J connectivity index is 1.62. The highest BCUT2D eigenvalue weighted by atomic mass is 32.2. The Kier molecular flexibility index (Phi) is 5.10. The van der Waals surface area contributed by atoms with E-state index in [4.69, 9.17) is 9.88 Å². The molecule has 3 N–H and O–H groups in total. The molecule has 0 bridgehead atoms. The number of nitrogens with two attached hydrogens (primary N) is 1. The molecule has 1 aromatic heterocycles. The van der Waals surface area contributed by atoms with Crippen LogP contribution in [0, 0.1) is 0 Å². The third-order valence-corrected chi connectivity index (χ3v) is 4.45. The van der Waals surface area contributed by atoms with E-state index in [1.807, 2.05) is 0 Å². The number of para-hydroxylation sites is 1. The number of carbonyl (C=O) groups is 2. The smallest absolute Gasteiger partial charge is 0.340 e. The molecule has 1 heterocycles. The van der Waals surface area contributed by atoms with E-state index in [2.05, 4.69) is 15.3 Å². The highest BCUT2D eigenvalue weighted by Gasteiger charge is 2.15. The zero-order valence-corrected chi connectivity index (χ0v) is 14.6. The van der Waals surface area contributed by atoms with E-state index in [-0.39, 0.29) is 10.5 Å². The van der Waals surface area contributed by atoms with Crippen LogP contribution in [0.4, 0.5) is 5.69 Å². The van der Waals surface area contributed by atoms with Crippen molar-refractivity contribution in [3.05, 3.63) is 60.4 Å². The van der Waals surface area contributed by atoms with Gasteiger partial charge in [0.1, 0.15) is 5.52 Å². The fourth-order valence-corrected chi connectivity index (χ4v) is 2.81. The quantitative estimate of drug-likeness (QED) is 0.625. The van der Waals surface area contributed by atoms with Crippen LogP contribution in [-0.2, 0) is 19.6 Å². The monoisotopic (exact) mass is 386 g/mol. The van der Waals surface area contributed by atoms with Crippen molar-refractivity contribution in [2.45, 2.75) is 4.90 Å². The van der Waals surface area contributed by atoms with E-state index in [9.17, 15) is 18.0 Å². The minimum atomic E-state index is -3.81. The molecule has 1 amide bonds. The van der Waals surface area contributed by atoms with E-state index < -0.39 is 28.5 Å². The molecule has 0 aliphatic rings. The molecule has 0 aliphatic carbocycles. The first-order chi connectivity index (χ1) is 12.8. The number of sulfonamides is 1. The van der Waals surface area contributed by atoms with Gasteiger partial charge in [-0.15, -0.1) is 0 Å². The molecule has 0 radical (unpaired) electrons. The van der Waals surface area contributed by atoms with Crippen molar-refractivity contribution >= 4 is 38.6 Å². The zero-order valence-electron chi connectivity index (χ0n) is 13.8. The average molecular weight is 386 g/mol. The maximum absolute atomic E-state index is 12.2. The lowest BCUT2D eigenvalue weighted by molar-refractivity contribution is -0.119. The third kappa shape index (κ3) is 4.43. The second kappa shape index (κ2) is 7.48. The predicted octanol–water partition coefficient (Wildman–Crippen LogP) is 1.07. The van der Waals surface area contributed by atoms with Crippen molar-refractivity contribution in [3.63, 3.8) is 0 Å². The number of aromatic nitrogens is 2. The molecule has 0 saturated carbocycles. The molecule has 0 fully saturated rings. The molecule has 3 aromatic rings. The van der Waals surface area contributed by atoms with Crippen molar-refractivity contribution < 1.29 is 22.7 Å². The summed E-state index contributed by atoms with van der Waals surface area (Å²) in [4.78, 5) is 32.3. The van der Waals surface area contributed by atoms with E-state index in [0.29, 0.717) is 16.7 Å². The Morgan fingerprint density at radius 1 is 1.04 bits per heavy atom. The Bertz CT molecular complexity index is 1110. The number of nitrogens with zero attached hydrogens (tertiary/aromatic N) is 2. The maximum Gasteiger partial charge on any atom is 0.340 e. The Morgan fingerprint density at radius 3 is 2.44 bits per heavy atom. The number of primary sulfonamides is 1. The Morgan fingerprint density at radius 2 is 1.74 bits per heavy atom. The van der Waals surface area contributed by atoms with E-state index in [1.165, 1.54) is 42.7 Å². The number of carbonyl (C=O) groups excluding carboxylic acids is 2. The number of amides is 1. The Labute approximate surface area is 154 Å². The van der Waals surface area contributed by atoms with Gasteiger partial charge in [0.05, 0.1) is 16.0 Å². The summed E-state index contributed by atoms with van der Waals surface area (Å²) < 4.78 is 27.4. The number of hydrogen-bond acceptors (Lipinski definition) is 7. The second-order valence-corrected chi connectivity index (χ2v) is 6.98. The fraction of sp³-hybridized carbons (Fsp3) is 0.0588. The van der Waals surface area contributed by atoms with Crippen LogP contribution >= 0.6 is 0 Å². The molecule has 0 saturated heterocycles. The van der Waals surface area contributed by atoms with Gasteiger partial charge in [-0.05, 0) is 36.4 Å². The van der Waals surface area contributed by atoms with E-state index in [1.54, 1.807) is 12.1 Å². The highest BCUT2D eigenvalue weighted by molar-refractivity contribution is 7.89. The maximum atomic E-state index is 12.2. The summed E-state index contributed by atoms with van der Waals surface area (Å²) in [6.07, 6.45) is 2.96. The first kappa shape index (κ1) is 18.4. The number of esters is 1. The first-order valence-electron chi connectivity index (χ1n) is 7.64. The van der Waals surface area contributed by atoms with Crippen LogP contribution in [0.1, 0.15) is 10.4 Å². The van der Waals surface area contributed by atoms with Crippen molar-refractivity contribution in [2.24, 2.45) is 5.14 Å². The SMILES string of the molecule is NS(=O)(=O)c1ccc(NC(=O)COC(=O)c2cccc3nccnc23)cc1. The topological polar surface area (TPSA) is 141 Å².